The van der Waals surface area contributed by atoms with E-state index >= 15 is 0 Å². The summed E-state index contributed by atoms with van der Waals surface area (Å²) in [7, 11) is -1.67. The summed E-state index contributed by atoms with van der Waals surface area (Å²) in [5.41, 5.74) is 0. The number of rotatable bonds is 9. The minimum Gasteiger partial charge on any atom is -0.417 e. The highest BCUT2D eigenvalue weighted by molar-refractivity contribution is 6.74. The van der Waals surface area contributed by atoms with Crippen molar-refractivity contribution >= 4 is 20.4 Å². The van der Waals surface area contributed by atoms with Gasteiger partial charge < -0.3 is 14.0 Å². The molecule has 0 aliphatic carbocycles. The highest BCUT2D eigenvalue weighted by Gasteiger charge is 2.36. The fourth-order valence-corrected chi connectivity index (χ4v) is 2.65. The van der Waals surface area contributed by atoms with Crippen LogP contribution in [0.4, 0.5) is 0 Å². The minimum atomic E-state index is -1.67. The minimum absolute atomic E-state index is 0.00640. The predicted octanol–water partition coefficient (Wildman–Crippen LogP) is 3.97. The Hall–Kier alpha value is -0.483. The molecule has 0 rings (SSSR count). The summed E-state index contributed by atoms with van der Waals surface area (Å²) in [6.07, 6.45) is 3.89. The molecule has 0 unspecified atom stereocenters. The second-order valence-electron chi connectivity index (χ2n) is 6.89. The maximum absolute atomic E-state index is 10.9. The first-order valence-corrected chi connectivity index (χ1v) is 10.1. The second-order valence-corrected chi connectivity index (χ2v) is 11.7. The largest absolute Gasteiger partial charge is 0.417 e. The van der Waals surface area contributed by atoms with Gasteiger partial charge in [0.05, 0.1) is 0 Å². The molecule has 0 aromatic rings. The van der Waals surface area contributed by atoms with E-state index in [2.05, 4.69) is 33.9 Å². The summed E-state index contributed by atoms with van der Waals surface area (Å²) >= 11 is 0. The zero-order chi connectivity index (χ0) is 15.1. The summed E-state index contributed by atoms with van der Waals surface area (Å²) in [5, 5.41) is 0.228. The molecule has 4 heteroatoms. The Morgan fingerprint density at radius 3 is 2.26 bits per heavy atom. The summed E-state index contributed by atoms with van der Waals surface area (Å²) in [6, 6.07) is 0. The van der Waals surface area contributed by atoms with Crippen molar-refractivity contribution < 1.29 is 14.0 Å². The quantitative estimate of drug-likeness (QED) is 0.366. The standard InChI is InChI=1S/C15H30O3Si/c1-13(17)9-10-14(12-16)8-7-11-18-19(5,6)15(2,3)4/h12,14H,7-11H2,1-6H3/t14-/m1/s1. The Balaban J connectivity index is 3.95. The molecule has 0 fully saturated rings. The number of ketones is 1. The fraction of sp³-hybridized carbons (Fsp3) is 0.867. The number of hydrogen-bond acceptors (Lipinski definition) is 3. The van der Waals surface area contributed by atoms with Gasteiger partial charge in [-0.2, -0.15) is 0 Å². The van der Waals surface area contributed by atoms with Crippen molar-refractivity contribution in [3.8, 4) is 0 Å². The van der Waals surface area contributed by atoms with E-state index in [1.807, 2.05) is 0 Å². The number of aldehydes is 1. The Bertz CT molecular complexity index is 292. The lowest BCUT2D eigenvalue weighted by Gasteiger charge is -2.36. The first-order valence-electron chi connectivity index (χ1n) is 7.19. The third kappa shape index (κ3) is 7.63. The van der Waals surface area contributed by atoms with Crippen molar-refractivity contribution in [3.05, 3.63) is 0 Å². The first-order chi connectivity index (χ1) is 8.60. The average molecular weight is 286 g/mol. The van der Waals surface area contributed by atoms with Gasteiger partial charge in [-0.15, -0.1) is 0 Å². The molecule has 0 bridgehead atoms. The molecule has 112 valence electrons. The van der Waals surface area contributed by atoms with Gasteiger partial charge in [-0.1, -0.05) is 20.8 Å². The number of carbonyl (C=O) groups excluding carboxylic acids is 2. The van der Waals surface area contributed by atoms with E-state index < -0.39 is 8.32 Å². The smallest absolute Gasteiger partial charge is 0.191 e. The van der Waals surface area contributed by atoms with Crippen molar-refractivity contribution in [1.29, 1.82) is 0 Å². The molecular formula is C15H30O3Si. The molecule has 1 atom stereocenters. The van der Waals surface area contributed by atoms with Crippen LogP contribution in [0.25, 0.3) is 0 Å². The van der Waals surface area contributed by atoms with Crippen LogP contribution in [-0.2, 0) is 14.0 Å². The van der Waals surface area contributed by atoms with Crippen LogP contribution in [0.3, 0.4) is 0 Å². The van der Waals surface area contributed by atoms with Crippen LogP contribution in [-0.4, -0.2) is 27.0 Å². The average Bonchev–Trinajstić information content (AvgIpc) is 2.26. The Kier molecular flexibility index (Phi) is 7.75. The molecule has 0 heterocycles. The molecule has 0 saturated heterocycles. The topological polar surface area (TPSA) is 43.4 Å². The van der Waals surface area contributed by atoms with Gasteiger partial charge in [0.15, 0.2) is 8.32 Å². The molecule has 0 aromatic heterocycles. The molecule has 0 spiro atoms. The third-order valence-electron chi connectivity index (χ3n) is 4.05. The lowest BCUT2D eigenvalue weighted by atomic mass is 9.98. The molecule has 19 heavy (non-hydrogen) atoms. The van der Waals surface area contributed by atoms with Gasteiger partial charge in [-0.3, -0.25) is 0 Å². The summed E-state index contributed by atoms with van der Waals surface area (Å²) in [4.78, 5) is 21.8. The summed E-state index contributed by atoms with van der Waals surface area (Å²) in [5.74, 6) is 0.163. The van der Waals surface area contributed by atoms with E-state index in [0.717, 1.165) is 25.7 Å². The van der Waals surface area contributed by atoms with Gasteiger partial charge >= 0.3 is 0 Å². The monoisotopic (exact) mass is 286 g/mol. The lowest BCUT2D eigenvalue weighted by molar-refractivity contribution is -0.117. The summed E-state index contributed by atoms with van der Waals surface area (Å²) < 4.78 is 6.07. The van der Waals surface area contributed by atoms with E-state index in [9.17, 15) is 9.59 Å². The van der Waals surface area contributed by atoms with Crippen LogP contribution < -0.4 is 0 Å². The van der Waals surface area contributed by atoms with Gasteiger partial charge in [-0.05, 0) is 44.3 Å². The van der Waals surface area contributed by atoms with Crippen LogP contribution in [0.1, 0.15) is 53.4 Å². The SMILES string of the molecule is CC(=O)CC[C@H](C=O)CCCO[Si](C)(C)C(C)(C)C. The van der Waals surface area contributed by atoms with E-state index in [0.29, 0.717) is 12.8 Å². The van der Waals surface area contributed by atoms with Gasteiger partial charge in [0.2, 0.25) is 0 Å². The zero-order valence-corrected chi connectivity index (χ0v) is 14.4. The second kappa shape index (κ2) is 7.95. The number of Topliss-reactive ketones (excluding diaryl/α,β-unsaturated/α-hetero) is 1. The third-order valence-corrected chi connectivity index (χ3v) is 8.59. The van der Waals surface area contributed by atoms with E-state index in [4.69, 9.17) is 4.43 Å². The first kappa shape index (κ1) is 18.5. The maximum atomic E-state index is 10.9. The van der Waals surface area contributed by atoms with E-state index in [1.54, 1.807) is 6.92 Å². The molecule has 0 aliphatic heterocycles. The normalized spacial score (nSPS) is 14.2. The predicted molar refractivity (Wildman–Crippen MR) is 81.9 cm³/mol. The Morgan fingerprint density at radius 1 is 1.26 bits per heavy atom. The molecule has 0 aromatic carbocycles. The lowest BCUT2D eigenvalue weighted by Crippen LogP contribution is -2.41. The molecule has 0 radical (unpaired) electrons. The van der Waals surface area contributed by atoms with E-state index in [1.165, 1.54) is 0 Å². The van der Waals surface area contributed by atoms with Crippen molar-refractivity contribution in [3.63, 3.8) is 0 Å². The molecule has 0 N–H and O–H groups in total. The Labute approximate surface area is 119 Å². The molecule has 0 amide bonds. The van der Waals surface area contributed by atoms with Gasteiger partial charge in [0.25, 0.3) is 0 Å². The molecule has 0 saturated carbocycles. The van der Waals surface area contributed by atoms with Crippen LogP contribution >= 0.6 is 0 Å². The maximum Gasteiger partial charge on any atom is 0.191 e. The van der Waals surface area contributed by atoms with Gasteiger partial charge in [-0.25, -0.2) is 0 Å². The Morgan fingerprint density at radius 2 is 1.84 bits per heavy atom. The highest BCUT2D eigenvalue weighted by Crippen LogP contribution is 2.36. The van der Waals surface area contributed by atoms with Crippen LogP contribution in [0.5, 0.6) is 0 Å². The number of carbonyl (C=O) groups is 2. The fourth-order valence-electron chi connectivity index (χ4n) is 1.56. The molecule has 0 aliphatic rings. The number of hydrogen-bond donors (Lipinski definition) is 0. The zero-order valence-electron chi connectivity index (χ0n) is 13.4. The van der Waals surface area contributed by atoms with Crippen molar-refractivity contribution in [1.82, 2.24) is 0 Å². The van der Waals surface area contributed by atoms with Crippen LogP contribution in [0, 0.1) is 5.92 Å². The van der Waals surface area contributed by atoms with E-state index in [-0.39, 0.29) is 16.7 Å². The van der Waals surface area contributed by atoms with Crippen molar-refractivity contribution in [2.75, 3.05) is 6.61 Å². The molecular weight excluding hydrogens is 256 g/mol. The molecule has 3 nitrogen and oxygen atoms in total. The van der Waals surface area contributed by atoms with Gasteiger partial charge in [0.1, 0.15) is 12.1 Å². The van der Waals surface area contributed by atoms with Gasteiger partial charge in [0, 0.05) is 18.9 Å². The van der Waals surface area contributed by atoms with Crippen molar-refractivity contribution in [2.24, 2.45) is 5.92 Å². The van der Waals surface area contributed by atoms with Crippen molar-refractivity contribution in [2.45, 2.75) is 71.5 Å². The highest BCUT2D eigenvalue weighted by atomic mass is 28.4. The van der Waals surface area contributed by atoms with Crippen LogP contribution in [0.15, 0.2) is 0 Å². The van der Waals surface area contributed by atoms with Crippen LogP contribution in [0.2, 0.25) is 18.1 Å². The summed E-state index contributed by atoms with van der Waals surface area (Å²) in [6.45, 7) is 13.4.